The molecule has 1 unspecified atom stereocenters. The van der Waals surface area contributed by atoms with E-state index < -0.39 is 11.4 Å². The summed E-state index contributed by atoms with van der Waals surface area (Å²) in [6.07, 6.45) is 4.05. The summed E-state index contributed by atoms with van der Waals surface area (Å²) in [5, 5.41) is 20.9. The van der Waals surface area contributed by atoms with E-state index in [0.717, 1.165) is 19.3 Å². The summed E-state index contributed by atoms with van der Waals surface area (Å²) in [6.45, 7) is 2.24. The van der Waals surface area contributed by atoms with Crippen molar-refractivity contribution in [1.29, 1.82) is 0 Å². The van der Waals surface area contributed by atoms with Crippen LogP contribution in [0.25, 0.3) is 0 Å². The summed E-state index contributed by atoms with van der Waals surface area (Å²) in [5.74, 6) is -1.08. The minimum absolute atomic E-state index is 0.00100. The number of carbonyl (C=O) groups excluding carboxylic acids is 1. The van der Waals surface area contributed by atoms with Crippen molar-refractivity contribution < 1.29 is 19.8 Å². The predicted octanol–water partition coefficient (Wildman–Crippen LogP) is 1.16. The van der Waals surface area contributed by atoms with Crippen molar-refractivity contribution in [2.45, 2.75) is 45.4 Å². The summed E-state index contributed by atoms with van der Waals surface area (Å²) >= 11 is 0. The van der Waals surface area contributed by atoms with E-state index in [-0.39, 0.29) is 24.9 Å². The lowest BCUT2D eigenvalue weighted by Gasteiger charge is -2.32. The molecule has 1 aliphatic carbocycles. The number of nitrogens with one attached hydrogen (secondary N) is 1. The van der Waals surface area contributed by atoms with E-state index in [1.54, 1.807) is 0 Å². The Bertz CT molecular complexity index is 297. The van der Waals surface area contributed by atoms with Crippen LogP contribution >= 0.6 is 0 Å². The highest BCUT2D eigenvalue weighted by molar-refractivity contribution is 5.85. The Hall–Kier alpha value is -1.10. The number of carboxylic acid groups (broad SMARTS) is 1. The number of aliphatic hydroxyl groups excluding tert-OH is 1. The molecule has 1 rings (SSSR count). The maximum absolute atomic E-state index is 11.8. The highest BCUT2D eigenvalue weighted by atomic mass is 16.4. The number of aliphatic hydroxyl groups is 1. The third kappa shape index (κ3) is 3.98. The maximum Gasteiger partial charge on any atom is 0.310 e. The molecule has 1 amide bonds. The average molecular weight is 257 g/mol. The van der Waals surface area contributed by atoms with Gasteiger partial charge in [0.25, 0.3) is 0 Å². The second-order valence-electron chi connectivity index (χ2n) is 5.41. The normalized spacial score (nSPS) is 20.1. The van der Waals surface area contributed by atoms with Gasteiger partial charge in [-0.15, -0.1) is 0 Å². The van der Waals surface area contributed by atoms with Gasteiger partial charge in [-0.05, 0) is 18.8 Å². The van der Waals surface area contributed by atoms with E-state index in [0.29, 0.717) is 19.4 Å². The Balaban J connectivity index is 2.50. The predicted molar refractivity (Wildman–Crippen MR) is 67.0 cm³/mol. The fourth-order valence-electron chi connectivity index (χ4n) is 2.42. The molecule has 1 atom stereocenters. The van der Waals surface area contributed by atoms with Gasteiger partial charge in [-0.1, -0.05) is 26.2 Å². The minimum atomic E-state index is -0.870. The molecule has 0 aromatic rings. The fourth-order valence-corrected chi connectivity index (χ4v) is 2.42. The first-order valence-electron chi connectivity index (χ1n) is 6.61. The van der Waals surface area contributed by atoms with Crippen LogP contribution in [-0.2, 0) is 9.59 Å². The molecule has 1 fully saturated rings. The van der Waals surface area contributed by atoms with Gasteiger partial charge in [-0.2, -0.15) is 0 Å². The second kappa shape index (κ2) is 6.73. The zero-order chi connectivity index (χ0) is 13.6. The smallest absolute Gasteiger partial charge is 0.310 e. The van der Waals surface area contributed by atoms with Gasteiger partial charge in [0.15, 0.2) is 0 Å². The molecule has 0 spiro atoms. The van der Waals surface area contributed by atoms with Crippen LogP contribution < -0.4 is 5.32 Å². The molecule has 104 valence electrons. The third-order valence-electron chi connectivity index (χ3n) is 3.72. The SMILES string of the molecule is CC(CO)CNC(=O)CC1(C(=O)O)CCCCC1. The minimum Gasteiger partial charge on any atom is -0.481 e. The Kier molecular flexibility index (Phi) is 5.59. The standard InChI is InChI=1S/C13H23NO4/c1-10(9-15)8-14-11(16)7-13(12(17)18)5-3-2-4-6-13/h10,15H,2-9H2,1H3,(H,14,16)(H,17,18). The Labute approximate surface area is 108 Å². The zero-order valence-corrected chi connectivity index (χ0v) is 10.9. The molecule has 5 heteroatoms. The third-order valence-corrected chi connectivity index (χ3v) is 3.72. The van der Waals surface area contributed by atoms with Gasteiger partial charge in [-0.3, -0.25) is 9.59 Å². The highest BCUT2D eigenvalue weighted by Crippen LogP contribution is 2.39. The molecule has 1 aliphatic rings. The molecule has 0 aromatic heterocycles. The fraction of sp³-hybridized carbons (Fsp3) is 0.846. The van der Waals surface area contributed by atoms with Gasteiger partial charge >= 0.3 is 5.97 Å². The molecule has 0 aromatic carbocycles. The number of carboxylic acids is 1. The molecule has 0 aliphatic heterocycles. The lowest BCUT2D eigenvalue weighted by Crippen LogP contribution is -2.40. The van der Waals surface area contributed by atoms with Crippen LogP contribution in [0, 0.1) is 11.3 Å². The van der Waals surface area contributed by atoms with Gasteiger partial charge in [0.05, 0.1) is 5.41 Å². The van der Waals surface area contributed by atoms with Crippen LogP contribution in [0.4, 0.5) is 0 Å². The number of hydrogen-bond acceptors (Lipinski definition) is 3. The summed E-state index contributed by atoms with van der Waals surface area (Å²) in [6, 6.07) is 0. The highest BCUT2D eigenvalue weighted by Gasteiger charge is 2.41. The van der Waals surface area contributed by atoms with Crippen LogP contribution in [0.15, 0.2) is 0 Å². The molecule has 5 nitrogen and oxygen atoms in total. The molecule has 0 radical (unpaired) electrons. The van der Waals surface area contributed by atoms with Gasteiger partial charge in [0.1, 0.15) is 0 Å². The van der Waals surface area contributed by atoms with Crippen molar-refractivity contribution in [3.63, 3.8) is 0 Å². The van der Waals surface area contributed by atoms with E-state index in [9.17, 15) is 14.7 Å². The van der Waals surface area contributed by atoms with Crippen LogP contribution in [0.2, 0.25) is 0 Å². The van der Waals surface area contributed by atoms with Crippen molar-refractivity contribution >= 4 is 11.9 Å². The van der Waals surface area contributed by atoms with Crippen LogP contribution in [0.5, 0.6) is 0 Å². The summed E-state index contributed by atoms with van der Waals surface area (Å²) in [7, 11) is 0. The quantitative estimate of drug-likeness (QED) is 0.666. The monoisotopic (exact) mass is 257 g/mol. The summed E-state index contributed by atoms with van der Waals surface area (Å²) in [5.41, 5.74) is -0.870. The van der Waals surface area contributed by atoms with Crippen LogP contribution in [0.1, 0.15) is 45.4 Å². The first kappa shape index (κ1) is 15.0. The topological polar surface area (TPSA) is 86.6 Å². The molecular weight excluding hydrogens is 234 g/mol. The van der Waals surface area contributed by atoms with E-state index in [1.807, 2.05) is 6.92 Å². The van der Waals surface area contributed by atoms with Crippen molar-refractivity contribution in [3.8, 4) is 0 Å². The molecule has 3 N–H and O–H groups in total. The number of aliphatic carboxylic acids is 1. The molecule has 0 bridgehead atoms. The van der Waals surface area contributed by atoms with Gasteiger partial charge in [0.2, 0.25) is 5.91 Å². The first-order valence-corrected chi connectivity index (χ1v) is 6.61. The number of rotatable bonds is 6. The van der Waals surface area contributed by atoms with Crippen molar-refractivity contribution in [2.24, 2.45) is 11.3 Å². The summed E-state index contributed by atoms with van der Waals surface area (Å²) < 4.78 is 0. The molecule has 1 saturated carbocycles. The lowest BCUT2D eigenvalue weighted by atomic mass is 9.71. The first-order chi connectivity index (χ1) is 8.50. The number of carbonyl (C=O) groups is 2. The van der Waals surface area contributed by atoms with Crippen molar-refractivity contribution in [2.75, 3.05) is 13.2 Å². The molecule has 18 heavy (non-hydrogen) atoms. The van der Waals surface area contributed by atoms with E-state index in [1.165, 1.54) is 0 Å². The summed E-state index contributed by atoms with van der Waals surface area (Å²) in [4.78, 5) is 23.2. The Morgan fingerprint density at radius 3 is 2.39 bits per heavy atom. The maximum atomic E-state index is 11.8. The number of amides is 1. The van der Waals surface area contributed by atoms with Crippen molar-refractivity contribution in [1.82, 2.24) is 5.32 Å². The Morgan fingerprint density at radius 1 is 1.28 bits per heavy atom. The van der Waals surface area contributed by atoms with E-state index in [2.05, 4.69) is 5.32 Å². The molecule has 0 heterocycles. The van der Waals surface area contributed by atoms with E-state index >= 15 is 0 Å². The molecular formula is C13H23NO4. The van der Waals surface area contributed by atoms with Crippen molar-refractivity contribution in [3.05, 3.63) is 0 Å². The van der Waals surface area contributed by atoms with Gasteiger partial charge in [-0.25, -0.2) is 0 Å². The van der Waals surface area contributed by atoms with E-state index in [4.69, 9.17) is 5.11 Å². The molecule has 0 saturated heterocycles. The van der Waals surface area contributed by atoms with Crippen LogP contribution in [-0.4, -0.2) is 35.2 Å². The van der Waals surface area contributed by atoms with Gasteiger partial charge in [0, 0.05) is 19.6 Å². The Morgan fingerprint density at radius 2 is 1.89 bits per heavy atom. The largest absolute Gasteiger partial charge is 0.481 e. The zero-order valence-electron chi connectivity index (χ0n) is 10.9. The number of hydrogen-bond donors (Lipinski definition) is 3. The lowest BCUT2D eigenvalue weighted by molar-refractivity contribution is -0.154. The second-order valence-corrected chi connectivity index (χ2v) is 5.41. The van der Waals surface area contributed by atoms with Gasteiger partial charge < -0.3 is 15.5 Å². The van der Waals surface area contributed by atoms with Crippen LogP contribution in [0.3, 0.4) is 0 Å². The average Bonchev–Trinajstić information content (AvgIpc) is 2.36.